The Balaban J connectivity index is 2.77. The Hall–Kier alpha value is -1.08. The van der Waals surface area contributed by atoms with Gasteiger partial charge in [0.05, 0.1) is 17.9 Å². The highest BCUT2D eigenvalue weighted by Gasteiger charge is 2.21. The lowest BCUT2D eigenvalue weighted by molar-refractivity contribution is -0.141. The van der Waals surface area contributed by atoms with Gasteiger partial charge in [-0.1, -0.05) is 6.92 Å². The number of carbonyl (C=O) groups is 2. The largest absolute Gasteiger partial charge is 0.495 e. The van der Waals surface area contributed by atoms with Crippen LogP contribution < -0.4 is 4.74 Å². The van der Waals surface area contributed by atoms with Crippen molar-refractivity contribution in [3.63, 3.8) is 0 Å². The monoisotopic (exact) mass is 335 g/mol. The molecule has 0 fully saturated rings. The summed E-state index contributed by atoms with van der Waals surface area (Å²) in [5.74, 6) is -1.12. The van der Waals surface area contributed by atoms with Gasteiger partial charge < -0.3 is 14.7 Å². The predicted molar refractivity (Wildman–Crippen MR) is 72.3 cm³/mol. The summed E-state index contributed by atoms with van der Waals surface area (Å²) in [7, 11) is 3.11. The summed E-state index contributed by atoms with van der Waals surface area (Å²) < 4.78 is 5.82. The summed E-state index contributed by atoms with van der Waals surface area (Å²) in [4.78, 5) is 24.7. The summed E-state index contributed by atoms with van der Waals surface area (Å²) >= 11 is 4.56. The number of carboxylic acid groups (broad SMARTS) is 1. The van der Waals surface area contributed by atoms with E-state index in [4.69, 9.17) is 9.84 Å². The molecule has 0 radical (unpaired) electrons. The second-order valence-corrected chi connectivity index (χ2v) is 6.25. The number of methoxy groups -OCH3 is 1. The molecule has 1 atom stereocenters. The van der Waals surface area contributed by atoms with Gasteiger partial charge in [0.2, 0.25) is 0 Å². The molecule has 0 aromatic carbocycles. The molecule has 1 rings (SSSR count). The molecule has 1 amide bonds. The fourth-order valence-electron chi connectivity index (χ4n) is 1.36. The molecule has 1 unspecified atom stereocenters. The fourth-order valence-corrected chi connectivity index (χ4v) is 3.00. The molecule has 1 aromatic heterocycles. The number of ether oxygens (including phenoxy) is 1. The first kappa shape index (κ1) is 15.0. The third-order valence-electron chi connectivity index (χ3n) is 2.40. The number of hydrogen-bond donors (Lipinski definition) is 1. The van der Waals surface area contributed by atoms with Crippen molar-refractivity contribution in [2.24, 2.45) is 5.92 Å². The van der Waals surface area contributed by atoms with E-state index >= 15 is 0 Å². The summed E-state index contributed by atoms with van der Waals surface area (Å²) in [6.45, 7) is 1.74. The Morgan fingerprint density at radius 1 is 1.61 bits per heavy atom. The molecule has 100 valence electrons. The maximum Gasteiger partial charge on any atom is 0.308 e. The van der Waals surface area contributed by atoms with Crippen molar-refractivity contribution in [1.29, 1.82) is 0 Å². The van der Waals surface area contributed by atoms with Crippen molar-refractivity contribution in [3.05, 3.63) is 14.7 Å². The second kappa shape index (κ2) is 6.19. The summed E-state index contributed by atoms with van der Waals surface area (Å²) in [5.41, 5.74) is 0. The average Bonchev–Trinajstić information content (AvgIpc) is 2.69. The van der Waals surface area contributed by atoms with Crippen LogP contribution in [0, 0.1) is 5.92 Å². The molecule has 0 spiro atoms. The molecule has 0 aliphatic carbocycles. The molecule has 0 saturated carbocycles. The van der Waals surface area contributed by atoms with Crippen LogP contribution in [0.15, 0.2) is 9.85 Å². The molecule has 0 saturated heterocycles. The quantitative estimate of drug-likeness (QED) is 0.896. The topological polar surface area (TPSA) is 66.8 Å². The number of halogens is 1. The van der Waals surface area contributed by atoms with Crippen molar-refractivity contribution < 1.29 is 19.4 Å². The van der Waals surface area contributed by atoms with Gasteiger partial charge in [-0.25, -0.2) is 0 Å². The predicted octanol–water partition coefficient (Wildman–Crippen LogP) is 2.31. The highest BCUT2D eigenvalue weighted by atomic mass is 79.9. The highest BCUT2D eigenvalue weighted by molar-refractivity contribution is 9.11. The normalized spacial score (nSPS) is 12.0. The minimum atomic E-state index is -0.917. The van der Waals surface area contributed by atoms with Gasteiger partial charge in [0.15, 0.2) is 0 Å². The lowest BCUT2D eigenvalue weighted by Gasteiger charge is -2.18. The van der Waals surface area contributed by atoms with E-state index in [9.17, 15) is 9.59 Å². The first-order chi connectivity index (χ1) is 8.36. The van der Waals surface area contributed by atoms with Crippen LogP contribution in [0.5, 0.6) is 5.75 Å². The van der Waals surface area contributed by atoms with E-state index in [-0.39, 0.29) is 12.5 Å². The smallest absolute Gasteiger partial charge is 0.308 e. The van der Waals surface area contributed by atoms with Crippen molar-refractivity contribution in [3.8, 4) is 5.75 Å². The summed E-state index contributed by atoms with van der Waals surface area (Å²) in [6, 6.07) is 1.64. The van der Waals surface area contributed by atoms with Crippen molar-refractivity contribution >= 4 is 39.1 Å². The number of nitrogens with zero attached hydrogens (tertiary/aromatic N) is 1. The van der Waals surface area contributed by atoms with Gasteiger partial charge in [0.25, 0.3) is 5.91 Å². The zero-order chi connectivity index (χ0) is 13.9. The van der Waals surface area contributed by atoms with E-state index in [1.165, 1.54) is 23.3 Å². The van der Waals surface area contributed by atoms with Crippen LogP contribution in [0.2, 0.25) is 0 Å². The molecular formula is C11H14BrNO4S. The standard InChI is InChI=1S/C11H14BrNO4S/c1-6(11(15)16)5-13(2)10(14)8-4-7(17-3)9(12)18-8/h4,6H,5H2,1-3H3,(H,15,16). The molecule has 0 aliphatic heterocycles. The Bertz CT molecular complexity index is 460. The van der Waals surface area contributed by atoms with Gasteiger partial charge in [0.1, 0.15) is 9.54 Å². The first-order valence-corrected chi connectivity index (χ1v) is 6.79. The second-order valence-electron chi connectivity index (χ2n) is 3.88. The minimum Gasteiger partial charge on any atom is -0.495 e. The molecule has 1 aromatic rings. The van der Waals surface area contributed by atoms with Gasteiger partial charge in [-0.15, -0.1) is 11.3 Å². The Kier molecular flexibility index (Phi) is 5.15. The zero-order valence-corrected chi connectivity index (χ0v) is 12.7. The molecule has 18 heavy (non-hydrogen) atoms. The molecule has 1 N–H and O–H groups in total. The van der Waals surface area contributed by atoms with E-state index in [0.29, 0.717) is 10.6 Å². The van der Waals surface area contributed by atoms with Gasteiger partial charge in [-0.05, 0) is 15.9 Å². The van der Waals surface area contributed by atoms with Crippen LogP contribution >= 0.6 is 27.3 Å². The zero-order valence-electron chi connectivity index (χ0n) is 10.3. The van der Waals surface area contributed by atoms with Crippen LogP contribution in [0.25, 0.3) is 0 Å². The molecule has 1 heterocycles. The van der Waals surface area contributed by atoms with Crippen LogP contribution in [0.4, 0.5) is 0 Å². The number of rotatable bonds is 5. The SMILES string of the molecule is COc1cc(C(=O)N(C)CC(C)C(=O)O)sc1Br. The Morgan fingerprint density at radius 3 is 2.67 bits per heavy atom. The number of hydrogen-bond acceptors (Lipinski definition) is 4. The third-order valence-corrected chi connectivity index (χ3v) is 4.17. The molecule has 0 bridgehead atoms. The van der Waals surface area contributed by atoms with Crippen molar-refractivity contribution in [2.75, 3.05) is 20.7 Å². The number of amides is 1. The minimum absolute atomic E-state index is 0.173. The lowest BCUT2D eigenvalue weighted by Crippen LogP contribution is -2.33. The van der Waals surface area contributed by atoms with Gasteiger partial charge in [-0.3, -0.25) is 9.59 Å². The first-order valence-electron chi connectivity index (χ1n) is 5.18. The fraction of sp³-hybridized carbons (Fsp3) is 0.455. The number of carbonyl (C=O) groups excluding carboxylic acids is 1. The summed E-state index contributed by atoms with van der Waals surface area (Å²) in [5, 5.41) is 8.81. The number of thiophene rings is 1. The van der Waals surface area contributed by atoms with E-state index in [2.05, 4.69) is 15.9 Å². The molecular weight excluding hydrogens is 322 g/mol. The molecule has 7 heteroatoms. The Morgan fingerprint density at radius 2 is 2.22 bits per heavy atom. The maximum absolute atomic E-state index is 12.1. The third kappa shape index (κ3) is 3.46. The maximum atomic E-state index is 12.1. The van der Waals surface area contributed by atoms with E-state index < -0.39 is 11.9 Å². The van der Waals surface area contributed by atoms with Crippen LogP contribution in [0.1, 0.15) is 16.6 Å². The molecule has 5 nitrogen and oxygen atoms in total. The highest BCUT2D eigenvalue weighted by Crippen LogP contribution is 2.34. The van der Waals surface area contributed by atoms with Crippen LogP contribution in [-0.2, 0) is 4.79 Å². The Labute approximate surface area is 117 Å². The van der Waals surface area contributed by atoms with Gasteiger partial charge in [0, 0.05) is 19.7 Å². The lowest BCUT2D eigenvalue weighted by atomic mass is 10.2. The molecule has 0 aliphatic rings. The van der Waals surface area contributed by atoms with Gasteiger partial charge >= 0.3 is 5.97 Å². The summed E-state index contributed by atoms with van der Waals surface area (Å²) in [6.07, 6.45) is 0. The average molecular weight is 336 g/mol. The number of carboxylic acids is 1. The van der Waals surface area contributed by atoms with Crippen molar-refractivity contribution in [1.82, 2.24) is 4.90 Å². The van der Waals surface area contributed by atoms with Crippen LogP contribution in [0.3, 0.4) is 0 Å². The van der Waals surface area contributed by atoms with E-state index in [1.54, 1.807) is 20.0 Å². The number of aliphatic carboxylic acids is 1. The van der Waals surface area contributed by atoms with Crippen LogP contribution in [-0.4, -0.2) is 42.6 Å². The van der Waals surface area contributed by atoms with E-state index in [0.717, 1.165) is 3.79 Å². The van der Waals surface area contributed by atoms with Crippen molar-refractivity contribution in [2.45, 2.75) is 6.92 Å². The van der Waals surface area contributed by atoms with E-state index in [1.807, 2.05) is 0 Å². The van der Waals surface area contributed by atoms with Gasteiger partial charge in [-0.2, -0.15) is 0 Å².